The van der Waals surface area contributed by atoms with E-state index in [9.17, 15) is 0 Å². The first-order valence-electron chi connectivity index (χ1n) is 8.78. The third-order valence-electron chi connectivity index (χ3n) is 5.24. The van der Waals surface area contributed by atoms with Crippen molar-refractivity contribution in [2.75, 3.05) is 33.3 Å². The number of morpholine rings is 1. The molecule has 118 valence electrons. The first-order valence-corrected chi connectivity index (χ1v) is 8.78. The van der Waals surface area contributed by atoms with Crippen LogP contribution in [0, 0.1) is 11.8 Å². The van der Waals surface area contributed by atoms with Crippen LogP contribution in [0.4, 0.5) is 0 Å². The summed E-state index contributed by atoms with van der Waals surface area (Å²) in [6.07, 6.45) is 8.60. The van der Waals surface area contributed by atoms with Gasteiger partial charge in [-0.25, -0.2) is 0 Å². The van der Waals surface area contributed by atoms with Gasteiger partial charge in [-0.2, -0.15) is 0 Å². The van der Waals surface area contributed by atoms with Crippen LogP contribution in [0.15, 0.2) is 0 Å². The summed E-state index contributed by atoms with van der Waals surface area (Å²) in [6.45, 7) is 8.81. The van der Waals surface area contributed by atoms with Crippen LogP contribution in [0.25, 0.3) is 0 Å². The molecule has 20 heavy (non-hydrogen) atoms. The van der Waals surface area contributed by atoms with E-state index < -0.39 is 0 Å². The molecular formula is C17H34N2O. The van der Waals surface area contributed by atoms with Gasteiger partial charge in [0.2, 0.25) is 0 Å². The van der Waals surface area contributed by atoms with E-state index in [1.807, 2.05) is 0 Å². The average Bonchev–Trinajstić information content (AvgIpc) is 2.48. The molecule has 1 heterocycles. The van der Waals surface area contributed by atoms with Crippen LogP contribution in [-0.2, 0) is 4.74 Å². The molecule has 2 fully saturated rings. The summed E-state index contributed by atoms with van der Waals surface area (Å²) in [5.41, 5.74) is 0. The van der Waals surface area contributed by atoms with E-state index in [1.165, 1.54) is 38.5 Å². The van der Waals surface area contributed by atoms with Crippen molar-refractivity contribution in [3.8, 4) is 0 Å². The molecule has 3 nitrogen and oxygen atoms in total. The Kier molecular flexibility index (Phi) is 6.79. The van der Waals surface area contributed by atoms with E-state index in [2.05, 4.69) is 31.1 Å². The van der Waals surface area contributed by atoms with Crippen molar-refractivity contribution in [3.63, 3.8) is 0 Å². The van der Waals surface area contributed by atoms with Gasteiger partial charge in [0.05, 0.1) is 12.7 Å². The summed E-state index contributed by atoms with van der Waals surface area (Å²) in [7, 11) is 2.22. The number of hydrogen-bond acceptors (Lipinski definition) is 3. The minimum atomic E-state index is 0.390. The Morgan fingerprint density at radius 1 is 1.30 bits per heavy atom. The third kappa shape index (κ3) is 4.44. The number of nitrogens with zero attached hydrogens (tertiary/aromatic N) is 1. The van der Waals surface area contributed by atoms with E-state index in [0.29, 0.717) is 12.1 Å². The molecule has 4 unspecified atom stereocenters. The smallest absolute Gasteiger partial charge is 0.0857 e. The molecular weight excluding hydrogens is 248 g/mol. The second-order valence-electron chi connectivity index (χ2n) is 6.85. The first kappa shape index (κ1) is 16.3. The monoisotopic (exact) mass is 282 g/mol. The second kappa shape index (κ2) is 8.35. The molecule has 0 aromatic carbocycles. The molecule has 4 atom stereocenters. The lowest BCUT2D eigenvalue weighted by Gasteiger charge is -2.42. The Hall–Kier alpha value is -0.120. The number of likely N-dealkylation sites (N-methyl/N-ethyl adjacent to an activating group) is 1. The standard InChI is InChI=1S/C17H34N2O/c1-4-9-18-17(16-13-19(3)10-11-20-16)15-8-6-7-14(5-2)12-15/h14-18H,4-13H2,1-3H3. The van der Waals surface area contributed by atoms with Gasteiger partial charge in [-0.1, -0.05) is 33.1 Å². The number of hydrogen-bond donors (Lipinski definition) is 1. The maximum Gasteiger partial charge on any atom is 0.0857 e. The Labute approximate surface area is 125 Å². The SMILES string of the molecule is CCCNC(C1CCCC(CC)C1)C1CN(C)CCO1. The molecule has 0 amide bonds. The van der Waals surface area contributed by atoms with Gasteiger partial charge >= 0.3 is 0 Å². The molecule has 1 aliphatic carbocycles. The minimum Gasteiger partial charge on any atom is -0.374 e. The van der Waals surface area contributed by atoms with E-state index in [0.717, 1.165) is 38.1 Å². The Morgan fingerprint density at radius 3 is 2.85 bits per heavy atom. The zero-order valence-electron chi connectivity index (χ0n) is 13.7. The first-order chi connectivity index (χ1) is 9.74. The summed E-state index contributed by atoms with van der Waals surface area (Å²) in [6, 6.07) is 0.562. The molecule has 0 bridgehead atoms. The van der Waals surface area contributed by atoms with Gasteiger partial charge in [0.15, 0.2) is 0 Å². The molecule has 1 saturated heterocycles. The fourth-order valence-corrected chi connectivity index (χ4v) is 3.97. The maximum atomic E-state index is 6.13. The van der Waals surface area contributed by atoms with Gasteiger partial charge in [-0.3, -0.25) is 0 Å². The lowest BCUT2D eigenvalue weighted by molar-refractivity contribution is -0.0543. The van der Waals surface area contributed by atoms with Crippen LogP contribution < -0.4 is 5.32 Å². The van der Waals surface area contributed by atoms with Gasteiger partial charge in [0.25, 0.3) is 0 Å². The summed E-state index contributed by atoms with van der Waals surface area (Å²) in [5.74, 6) is 1.76. The molecule has 3 heteroatoms. The molecule has 1 N–H and O–H groups in total. The minimum absolute atomic E-state index is 0.390. The predicted octanol–water partition coefficient (Wildman–Crippen LogP) is 2.90. The topological polar surface area (TPSA) is 24.5 Å². The highest BCUT2D eigenvalue weighted by Crippen LogP contribution is 2.34. The van der Waals surface area contributed by atoms with Gasteiger partial charge in [0, 0.05) is 19.1 Å². The average molecular weight is 282 g/mol. The maximum absolute atomic E-state index is 6.13. The fraction of sp³-hybridized carbons (Fsp3) is 1.00. The highest BCUT2D eigenvalue weighted by molar-refractivity contribution is 4.90. The lowest BCUT2D eigenvalue weighted by atomic mass is 9.75. The summed E-state index contributed by atoms with van der Waals surface area (Å²) >= 11 is 0. The van der Waals surface area contributed by atoms with Gasteiger partial charge in [0.1, 0.15) is 0 Å². The van der Waals surface area contributed by atoms with Gasteiger partial charge in [-0.15, -0.1) is 0 Å². The summed E-state index contributed by atoms with van der Waals surface area (Å²) in [4.78, 5) is 2.43. The van der Waals surface area contributed by atoms with Crippen molar-refractivity contribution in [2.24, 2.45) is 11.8 Å². The van der Waals surface area contributed by atoms with Crippen LogP contribution in [0.2, 0.25) is 0 Å². The van der Waals surface area contributed by atoms with Crippen molar-refractivity contribution in [2.45, 2.75) is 64.5 Å². The molecule has 0 spiro atoms. The van der Waals surface area contributed by atoms with E-state index >= 15 is 0 Å². The van der Waals surface area contributed by atoms with Crippen LogP contribution in [0.1, 0.15) is 52.4 Å². The molecule has 0 radical (unpaired) electrons. The zero-order chi connectivity index (χ0) is 14.4. The number of nitrogens with one attached hydrogen (secondary N) is 1. The quantitative estimate of drug-likeness (QED) is 0.811. The molecule has 0 aromatic heterocycles. The van der Waals surface area contributed by atoms with Gasteiger partial charge in [-0.05, 0) is 44.7 Å². The van der Waals surface area contributed by atoms with Crippen LogP contribution in [0.3, 0.4) is 0 Å². The molecule has 2 aliphatic rings. The van der Waals surface area contributed by atoms with Crippen LogP contribution >= 0.6 is 0 Å². The molecule has 1 aliphatic heterocycles. The van der Waals surface area contributed by atoms with Crippen molar-refractivity contribution < 1.29 is 4.74 Å². The van der Waals surface area contributed by atoms with E-state index in [-0.39, 0.29) is 0 Å². The van der Waals surface area contributed by atoms with Crippen molar-refractivity contribution >= 4 is 0 Å². The van der Waals surface area contributed by atoms with Gasteiger partial charge < -0.3 is 15.0 Å². The highest BCUT2D eigenvalue weighted by atomic mass is 16.5. The van der Waals surface area contributed by atoms with E-state index in [4.69, 9.17) is 4.74 Å². The zero-order valence-corrected chi connectivity index (χ0v) is 13.7. The Bertz CT molecular complexity index is 272. The Morgan fingerprint density at radius 2 is 2.15 bits per heavy atom. The largest absolute Gasteiger partial charge is 0.374 e. The molecule has 2 rings (SSSR count). The normalized spacial score (nSPS) is 34.0. The Balaban J connectivity index is 1.97. The molecule has 0 aromatic rings. The van der Waals surface area contributed by atoms with Crippen LogP contribution in [0.5, 0.6) is 0 Å². The summed E-state index contributed by atoms with van der Waals surface area (Å²) < 4.78 is 6.13. The van der Waals surface area contributed by atoms with Crippen molar-refractivity contribution in [1.82, 2.24) is 10.2 Å². The summed E-state index contributed by atoms with van der Waals surface area (Å²) in [5, 5.41) is 3.82. The number of ether oxygens (including phenoxy) is 1. The highest BCUT2D eigenvalue weighted by Gasteiger charge is 2.34. The van der Waals surface area contributed by atoms with Crippen molar-refractivity contribution in [1.29, 1.82) is 0 Å². The van der Waals surface area contributed by atoms with Crippen molar-refractivity contribution in [3.05, 3.63) is 0 Å². The van der Waals surface area contributed by atoms with E-state index in [1.54, 1.807) is 0 Å². The lowest BCUT2D eigenvalue weighted by Crippen LogP contribution is -2.55. The predicted molar refractivity (Wildman–Crippen MR) is 85.1 cm³/mol. The second-order valence-corrected chi connectivity index (χ2v) is 6.85. The number of rotatable bonds is 6. The molecule has 1 saturated carbocycles. The van der Waals surface area contributed by atoms with Crippen LogP contribution in [-0.4, -0.2) is 50.3 Å². The fourth-order valence-electron chi connectivity index (χ4n) is 3.97. The third-order valence-corrected chi connectivity index (χ3v) is 5.24.